The van der Waals surface area contributed by atoms with Gasteiger partial charge in [0.2, 0.25) is 5.91 Å². The number of thioether (sulfide) groups is 1. The van der Waals surface area contributed by atoms with Crippen LogP contribution in [0.25, 0.3) is 0 Å². The number of ether oxygens (including phenoxy) is 2. The standard InChI is InChI=1S/C28H37ClN2O3S.ClH/c1-19(2)30(22-9-6-5-7-10-22)15-8-16-34-26-14-12-23(33-4)18-24(26)28-31(20(3)32)25-13-11-21(29)17-27(25)35-28;/h11-14,17-19,22,28H,5-10,15-16H2,1-4H3;1H. The number of hydrogen-bond acceptors (Lipinski definition) is 5. The first kappa shape index (κ1) is 29.0. The summed E-state index contributed by atoms with van der Waals surface area (Å²) in [4.78, 5) is 18.2. The first-order valence-corrected chi connectivity index (χ1v) is 14.0. The third-order valence-electron chi connectivity index (χ3n) is 7.00. The van der Waals surface area contributed by atoms with Gasteiger partial charge in [-0.2, -0.15) is 0 Å². The molecule has 1 atom stereocenters. The number of fused-ring (bicyclic) bond motifs is 1. The Kier molecular flexibility index (Phi) is 10.7. The van der Waals surface area contributed by atoms with Crippen LogP contribution in [0, 0.1) is 0 Å². The van der Waals surface area contributed by atoms with Crippen LogP contribution in [0.4, 0.5) is 5.69 Å². The summed E-state index contributed by atoms with van der Waals surface area (Å²) >= 11 is 7.86. The van der Waals surface area contributed by atoms with Gasteiger partial charge in [-0.15, -0.1) is 12.4 Å². The van der Waals surface area contributed by atoms with Crippen LogP contribution in [0.3, 0.4) is 0 Å². The van der Waals surface area contributed by atoms with E-state index in [0.717, 1.165) is 40.6 Å². The highest BCUT2D eigenvalue weighted by Crippen LogP contribution is 2.54. The average molecular weight is 554 g/mol. The third kappa shape index (κ3) is 6.63. The highest BCUT2D eigenvalue weighted by molar-refractivity contribution is 8.00. The van der Waals surface area contributed by atoms with Crippen LogP contribution in [-0.2, 0) is 4.79 Å². The van der Waals surface area contributed by atoms with Crippen molar-refractivity contribution in [2.45, 2.75) is 81.6 Å². The van der Waals surface area contributed by atoms with E-state index < -0.39 is 0 Å². The van der Waals surface area contributed by atoms with Crippen molar-refractivity contribution in [3.8, 4) is 11.5 Å². The molecular weight excluding hydrogens is 515 g/mol. The largest absolute Gasteiger partial charge is 0.497 e. The summed E-state index contributed by atoms with van der Waals surface area (Å²) in [5.41, 5.74) is 1.82. The molecule has 8 heteroatoms. The van der Waals surface area contributed by atoms with Gasteiger partial charge >= 0.3 is 0 Å². The second kappa shape index (κ2) is 13.3. The van der Waals surface area contributed by atoms with Crippen LogP contribution < -0.4 is 14.4 Å². The lowest BCUT2D eigenvalue weighted by atomic mass is 9.93. The normalized spacial score (nSPS) is 17.8. The quantitative estimate of drug-likeness (QED) is 0.297. The smallest absolute Gasteiger partial charge is 0.225 e. The molecule has 4 rings (SSSR count). The molecule has 1 heterocycles. The molecule has 5 nitrogen and oxygen atoms in total. The van der Waals surface area contributed by atoms with Crippen molar-refractivity contribution < 1.29 is 14.3 Å². The summed E-state index contributed by atoms with van der Waals surface area (Å²) < 4.78 is 11.9. The van der Waals surface area contributed by atoms with E-state index >= 15 is 0 Å². The Morgan fingerprint density at radius 1 is 1.17 bits per heavy atom. The zero-order valence-electron chi connectivity index (χ0n) is 21.7. The molecule has 0 bridgehead atoms. The summed E-state index contributed by atoms with van der Waals surface area (Å²) in [6.07, 6.45) is 7.65. The second-order valence-electron chi connectivity index (χ2n) is 9.70. The molecule has 1 unspecified atom stereocenters. The SMILES string of the molecule is COc1ccc(OCCCN(C(C)C)C2CCCCC2)c(C2Sc3cc(Cl)ccc3N2C(C)=O)c1.Cl. The van der Waals surface area contributed by atoms with Crippen molar-refractivity contribution in [3.05, 3.63) is 47.0 Å². The topological polar surface area (TPSA) is 42.0 Å². The molecule has 0 radical (unpaired) electrons. The van der Waals surface area contributed by atoms with Gasteiger partial charge in [-0.05, 0) is 69.5 Å². The van der Waals surface area contributed by atoms with E-state index in [0.29, 0.717) is 23.7 Å². The third-order valence-corrected chi connectivity index (χ3v) is 8.51. The van der Waals surface area contributed by atoms with Crippen molar-refractivity contribution >= 4 is 47.4 Å². The van der Waals surface area contributed by atoms with Crippen LogP contribution in [0.1, 0.15) is 70.2 Å². The number of nitrogens with zero attached hydrogens (tertiary/aromatic N) is 2. The Balaban J connectivity index is 0.00000361. The van der Waals surface area contributed by atoms with Crippen LogP contribution in [0.5, 0.6) is 11.5 Å². The lowest BCUT2D eigenvalue weighted by Crippen LogP contribution is -2.42. The van der Waals surface area contributed by atoms with Crippen molar-refractivity contribution in [1.82, 2.24) is 4.90 Å². The monoisotopic (exact) mass is 552 g/mol. The maximum absolute atomic E-state index is 12.7. The van der Waals surface area contributed by atoms with E-state index in [1.807, 2.05) is 41.3 Å². The highest BCUT2D eigenvalue weighted by Gasteiger charge is 2.36. The predicted molar refractivity (Wildman–Crippen MR) is 152 cm³/mol. The summed E-state index contributed by atoms with van der Waals surface area (Å²) in [6.45, 7) is 7.87. The summed E-state index contributed by atoms with van der Waals surface area (Å²) in [5, 5.41) is 0.427. The minimum Gasteiger partial charge on any atom is -0.497 e. The Morgan fingerprint density at radius 2 is 1.92 bits per heavy atom. The van der Waals surface area contributed by atoms with Gasteiger partial charge < -0.3 is 9.47 Å². The van der Waals surface area contributed by atoms with E-state index in [-0.39, 0.29) is 23.7 Å². The molecule has 0 spiro atoms. The maximum Gasteiger partial charge on any atom is 0.225 e. The van der Waals surface area contributed by atoms with Crippen molar-refractivity contribution in [3.63, 3.8) is 0 Å². The van der Waals surface area contributed by atoms with Crippen LogP contribution >= 0.6 is 35.8 Å². The number of methoxy groups -OCH3 is 1. The van der Waals surface area contributed by atoms with E-state index in [2.05, 4.69) is 18.7 Å². The van der Waals surface area contributed by atoms with Crippen molar-refractivity contribution in [1.29, 1.82) is 0 Å². The fraction of sp³-hybridized carbons (Fsp3) is 0.536. The van der Waals surface area contributed by atoms with Gasteiger partial charge in [0.1, 0.15) is 16.9 Å². The van der Waals surface area contributed by atoms with Gasteiger partial charge in [-0.1, -0.05) is 42.6 Å². The lowest BCUT2D eigenvalue weighted by Gasteiger charge is -2.37. The van der Waals surface area contributed by atoms with Crippen molar-refractivity contribution in [2.75, 3.05) is 25.2 Å². The number of rotatable bonds is 9. The number of hydrogen-bond donors (Lipinski definition) is 0. The van der Waals surface area contributed by atoms with Crippen LogP contribution in [0.15, 0.2) is 41.3 Å². The zero-order chi connectivity index (χ0) is 24.9. The first-order chi connectivity index (χ1) is 16.9. The number of benzene rings is 2. The summed E-state index contributed by atoms with van der Waals surface area (Å²) in [5.74, 6) is 1.52. The van der Waals surface area contributed by atoms with Gasteiger partial charge in [-0.25, -0.2) is 0 Å². The minimum absolute atomic E-state index is 0. The lowest BCUT2D eigenvalue weighted by molar-refractivity contribution is -0.116. The van der Waals surface area contributed by atoms with E-state index in [4.69, 9.17) is 21.1 Å². The van der Waals surface area contributed by atoms with Gasteiger partial charge in [0.05, 0.1) is 19.4 Å². The molecule has 0 saturated heterocycles. The van der Waals surface area contributed by atoms with E-state index in [9.17, 15) is 4.79 Å². The van der Waals surface area contributed by atoms with Crippen LogP contribution in [-0.4, -0.2) is 43.2 Å². The summed E-state index contributed by atoms with van der Waals surface area (Å²) in [6, 6.07) is 12.8. The molecule has 2 aromatic rings. The fourth-order valence-electron chi connectivity index (χ4n) is 5.30. The Hall–Kier alpha value is -1.60. The molecule has 2 aliphatic rings. The van der Waals surface area contributed by atoms with Gasteiger partial charge in [0, 0.05) is 41.0 Å². The average Bonchev–Trinajstić information content (AvgIpc) is 3.23. The Bertz CT molecular complexity index is 1030. The molecule has 2 aromatic carbocycles. The number of carbonyl (C=O) groups is 1. The molecule has 1 amide bonds. The van der Waals surface area contributed by atoms with E-state index in [1.54, 1.807) is 25.8 Å². The Labute approximate surface area is 231 Å². The zero-order valence-corrected chi connectivity index (χ0v) is 24.1. The highest BCUT2D eigenvalue weighted by atomic mass is 35.5. The number of anilines is 1. The molecule has 198 valence electrons. The Morgan fingerprint density at radius 3 is 2.58 bits per heavy atom. The van der Waals surface area contributed by atoms with Gasteiger partial charge in [0.15, 0.2) is 0 Å². The molecule has 0 aromatic heterocycles. The molecule has 0 N–H and O–H groups in total. The van der Waals surface area contributed by atoms with Crippen LogP contribution in [0.2, 0.25) is 5.02 Å². The molecule has 1 aliphatic carbocycles. The first-order valence-electron chi connectivity index (χ1n) is 12.7. The van der Waals surface area contributed by atoms with E-state index in [1.165, 1.54) is 32.1 Å². The number of amides is 1. The molecular formula is C28H38Cl2N2O3S. The predicted octanol–water partition coefficient (Wildman–Crippen LogP) is 7.74. The minimum atomic E-state index is -0.236. The van der Waals surface area contributed by atoms with Gasteiger partial charge in [-0.3, -0.25) is 14.6 Å². The van der Waals surface area contributed by atoms with Gasteiger partial charge in [0.25, 0.3) is 0 Å². The fourth-order valence-corrected chi connectivity index (χ4v) is 6.94. The maximum atomic E-state index is 12.7. The summed E-state index contributed by atoms with van der Waals surface area (Å²) in [7, 11) is 1.66. The van der Waals surface area contributed by atoms with Crippen molar-refractivity contribution in [2.24, 2.45) is 0 Å². The second-order valence-corrected chi connectivity index (χ2v) is 11.3. The molecule has 1 aliphatic heterocycles. The molecule has 1 saturated carbocycles. The number of carbonyl (C=O) groups excluding carboxylic acids is 1. The number of halogens is 2. The molecule has 36 heavy (non-hydrogen) atoms. The molecule has 1 fully saturated rings.